The third-order valence-corrected chi connectivity index (χ3v) is 4.07. The fourth-order valence-electron chi connectivity index (χ4n) is 2.26. The lowest BCUT2D eigenvalue weighted by molar-refractivity contribution is 0.0690. The van der Waals surface area contributed by atoms with Gasteiger partial charge in [0, 0.05) is 17.6 Å². The average Bonchev–Trinajstić information content (AvgIpc) is 2.87. The molecule has 1 aromatic carbocycles. The Hall–Kier alpha value is -2.40. The van der Waals surface area contributed by atoms with E-state index < -0.39 is 5.97 Å². The van der Waals surface area contributed by atoms with Crippen LogP contribution in [0.4, 0.5) is 5.69 Å². The Bertz CT molecular complexity index is 745. The quantitative estimate of drug-likeness (QED) is 0.907. The molecular formula is C13H10BrN5O2. The molecule has 2 aromatic rings. The second kappa shape index (κ2) is 5.18. The molecule has 1 aliphatic rings. The Morgan fingerprint density at radius 1 is 1.48 bits per heavy atom. The van der Waals surface area contributed by atoms with Crippen molar-refractivity contribution in [3.8, 4) is 6.07 Å². The minimum Gasteiger partial charge on any atom is -0.476 e. The molecule has 8 heteroatoms. The van der Waals surface area contributed by atoms with E-state index in [1.807, 2.05) is 18.2 Å². The maximum atomic E-state index is 10.8. The van der Waals surface area contributed by atoms with Gasteiger partial charge in [0.1, 0.15) is 6.07 Å². The highest BCUT2D eigenvalue weighted by Crippen LogP contribution is 2.33. The Kier molecular flexibility index (Phi) is 3.35. The zero-order chi connectivity index (χ0) is 15.0. The second-order valence-corrected chi connectivity index (χ2v) is 5.55. The molecule has 0 amide bonds. The van der Waals surface area contributed by atoms with E-state index in [-0.39, 0.29) is 11.7 Å². The van der Waals surface area contributed by atoms with Crippen LogP contribution in [-0.4, -0.2) is 39.2 Å². The van der Waals surface area contributed by atoms with Crippen molar-refractivity contribution in [2.24, 2.45) is 0 Å². The monoisotopic (exact) mass is 347 g/mol. The van der Waals surface area contributed by atoms with Crippen LogP contribution in [0.25, 0.3) is 0 Å². The second-order valence-electron chi connectivity index (χ2n) is 4.69. The summed E-state index contributed by atoms with van der Waals surface area (Å²) in [6, 6.07) is 7.85. The van der Waals surface area contributed by atoms with Gasteiger partial charge < -0.3 is 10.0 Å². The molecule has 0 unspecified atom stereocenters. The van der Waals surface area contributed by atoms with Gasteiger partial charge in [-0.05, 0) is 28.1 Å². The van der Waals surface area contributed by atoms with Crippen LogP contribution in [0, 0.1) is 11.3 Å². The standard InChI is InChI=1S/C13H10BrN5O2/c14-10-2-1-3-12(9(10)4-15)18-5-8(6-18)19-7-11(13(20)21)16-17-19/h1-3,7-8H,5-6H2,(H,20,21). The Morgan fingerprint density at radius 2 is 2.24 bits per heavy atom. The van der Waals surface area contributed by atoms with Crippen molar-refractivity contribution in [2.45, 2.75) is 6.04 Å². The van der Waals surface area contributed by atoms with Crippen LogP contribution in [0.2, 0.25) is 0 Å². The molecule has 1 saturated heterocycles. The van der Waals surface area contributed by atoms with E-state index in [4.69, 9.17) is 5.11 Å². The normalized spacial score (nSPS) is 14.6. The van der Waals surface area contributed by atoms with Crippen molar-refractivity contribution < 1.29 is 9.90 Å². The van der Waals surface area contributed by atoms with Crippen LogP contribution in [0.1, 0.15) is 22.1 Å². The summed E-state index contributed by atoms with van der Waals surface area (Å²) in [5.74, 6) is -1.09. The van der Waals surface area contributed by atoms with Crippen molar-refractivity contribution in [1.82, 2.24) is 15.0 Å². The van der Waals surface area contributed by atoms with Crippen LogP contribution in [0.5, 0.6) is 0 Å². The van der Waals surface area contributed by atoms with Gasteiger partial charge in [-0.1, -0.05) is 11.3 Å². The molecule has 106 valence electrons. The maximum absolute atomic E-state index is 10.8. The predicted molar refractivity (Wildman–Crippen MR) is 77.1 cm³/mol. The molecule has 7 nitrogen and oxygen atoms in total. The zero-order valence-corrected chi connectivity index (χ0v) is 12.4. The summed E-state index contributed by atoms with van der Waals surface area (Å²) in [5, 5.41) is 25.5. The van der Waals surface area contributed by atoms with E-state index in [1.54, 1.807) is 4.68 Å². The van der Waals surface area contributed by atoms with Gasteiger partial charge in [-0.25, -0.2) is 9.48 Å². The zero-order valence-electron chi connectivity index (χ0n) is 10.8. The largest absolute Gasteiger partial charge is 0.476 e. The van der Waals surface area contributed by atoms with Crippen molar-refractivity contribution in [3.05, 3.63) is 40.1 Å². The van der Waals surface area contributed by atoms with Gasteiger partial charge in [-0.15, -0.1) is 5.10 Å². The highest BCUT2D eigenvalue weighted by molar-refractivity contribution is 9.10. The van der Waals surface area contributed by atoms with Gasteiger partial charge in [0.2, 0.25) is 0 Å². The lowest BCUT2D eigenvalue weighted by Crippen LogP contribution is -2.48. The first-order valence-corrected chi connectivity index (χ1v) is 6.98. The molecule has 21 heavy (non-hydrogen) atoms. The first kappa shape index (κ1) is 13.6. The molecule has 0 atom stereocenters. The molecule has 3 rings (SSSR count). The first-order valence-electron chi connectivity index (χ1n) is 6.19. The number of benzene rings is 1. The van der Waals surface area contributed by atoms with Crippen molar-refractivity contribution in [3.63, 3.8) is 0 Å². The Labute approximate surface area is 128 Å². The van der Waals surface area contributed by atoms with Crippen LogP contribution in [0.3, 0.4) is 0 Å². The number of halogens is 1. The first-order chi connectivity index (χ1) is 10.1. The number of carboxylic acid groups (broad SMARTS) is 1. The maximum Gasteiger partial charge on any atom is 0.358 e. The number of hydrogen-bond donors (Lipinski definition) is 1. The topological polar surface area (TPSA) is 95.0 Å². The molecule has 0 saturated carbocycles. The highest BCUT2D eigenvalue weighted by atomic mass is 79.9. The van der Waals surface area contributed by atoms with E-state index in [2.05, 4.69) is 37.2 Å². The van der Waals surface area contributed by atoms with Gasteiger partial charge in [0.15, 0.2) is 5.69 Å². The number of nitriles is 1. The summed E-state index contributed by atoms with van der Waals surface area (Å²) in [4.78, 5) is 12.8. The third-order valence-electron chi connectivity index (χ3n) is 3.41. The van der Waals surface area contributed by atoms with E-state index in [0.717, 1.165) is 10.2 Å². The summed E-state index contributed by atoms with van der Waals surface area (Å²) in [7, 11) is 0. The van der Waals surface area contributed by atoms with Crippen molar-refractivity contribution in [1.29, 1.82) is 5.26 Å². The average molecular weight is 348 g/mol. The highest BCUT2D eigenvalue weighted by Gasteiger charge is 2.31. The van der Waals surface area contributed by atoms with E-state index in [1.165, 1.54) is 6.20 Å². The number of rotatable bonds is 3. The van der Waals surface area contributed by atoms with Crippen LogP contribution in [0.15, 0.2) is 28.9 Å². The molecule has 1 fully saturated rings. The molecule has 2 heterocycles. The third kappa shape index (κ3) is 2.36. The van der Waals surface area contributed by atoms with E-state index in [9.17, 15) is 10.1 Å². The van der Waals surface area contributed by atoms with Crippen molar-refractivity contribution in [2.75, 3.05) is 18.0 Å². The van der Waals surface area contributed by atoms with Gasteiger partial charge >= 0.3 is 5.97 Å². The van der Waals surface area contributed by atoms with Crippen LogP contribution >= 0.6 is 15.9 Å². The van der Waals surface area contributed by atoms with E-state index in [0.29, 0.717) is 18.7 Å². The summed E-state index contributed by atoms with van der Waals surface area (Å²) < 4.78 is 2.32. The Morgan fingerprint density at radius 3 is 2.86 bits per heavy atom. The van der Waals surface area contributed by atoms with Crippen molar-refractivity contribution >= 4 is 27.6 Å². The smallest absolute Gasteiger partial charge is 0.358 e. The SMILES string of the molecule is N#Cc1c(Br)cccc1N1CC(n2cc(C(=O)O)nn2)C1. The summed E-state index contributed by atoms with van der Waals surface area (Å²) in [5.41, 5.74) is 1.40. The van der Waals surface area contributed by atoms with Gasteiger partial charge in [-0.2, -0.15) is 5.26 Å². The number of anilines is 1. The van der Waals surface area contributed by atoms with Crippen LogP contribution < -0.4 is 4.90 Å². The van der Waals surface area contributed by atoms with Gasteiger partial charge in [0.05, 0.1) is 23.5 Å². The number of hydrogen-bond acceptors (Lipinski definition) is 5. The van der Waals surface area contributed by atoms with E-state index >= 15 is 0 Å². The molecule has 0 bridgehead atoms. The van der Waals surface area contributed by atoms with Gasteiger partial charge in [0.25, 0.3) is 0 Å². The minimum atomic E-state index is -1.09. The fraction of sp³-hybridized carbons (Fsp3) is 0.231. The number of aromatic carboxylic acids is 1. The fourth-order valence-corrected chi connectivity index (χ4v) is 2.70. The minimum absolute atomic E-state index is 0.0615. The van der Waals surface area contributed by atoms with Gasteiger partial charge in [-0.3, -0.25) is 0 Å². The molecule has 0 aliphatic carbocycles. The van der Waals surface area contributed by atoms with Crippen LogP contribution in [-0.2, 0) is 0 Å². The lowest BCUT2D eigenvalue weighted by atomic mass is 10.1. The number of carbonyl (C=O) groups is 1. The molecule has 1 aliphatic heterocycles. The molecule has 0 spiro atoms. The summed E-state index contributed by atoms with van der Waals surface area (Å²) in [6.07, 6.45) is 1.43. The Balaban J connectivity index is 1.75. The predicted octanol–water partition coefficient (Wildman–Crippen LogP) is 1.67. The lowest BCUT2D eigenvalue weighted by Gasteiger charge is -2.41. The molecule has 0 radical (unpaired) electrons. The summed E-state index contributed by atoms with van der Waals surface area (Å²) >= 11 is 3.37. The summed E-state index contributed by atoms with van der Waals surface area (Å²) in [6.45, 7) is 1.32. The number of nitrogens with zero attached hydrogens (tertiary/aromatic N) is 5. The molecule has 1 aromatic heterocycles. The number of carboxylic acids is 1. The number of aromatic nitrogens is 3. The molecule has 1 N–H and O–H groups in total. The molecular weight excluding hydrogens is 338 g/mol.